The summed E-state index contributed by atoms with van der Waals surface area (Å²) in [6.45, 7) is 2.16. The average Bonchev–Trinajstić information content (AvgIpc) is 3.24. The summed E-state index contributed by atoms with van der Waals surface area (Å²) in [5.41, 5.74) is 2.38. The number of hydrogen-bond donors (Lipinski definition) is 1. The van der Waals surface area contributed by atoms with E-state index in [1.807, 2.05) is 25.1 Å². The molecular weight excluding hydrogens is 448 g/mol. The number of nitrogens with zero attached hydrogens (tertiary/aromatic N) is 1. The summed E-state index contributed by atoms with van der Waals surface area (Å²) in [4.78, 5) is 4.49. The lowest BCUT2D eigenvalue weighted by atomic mass is 10.2. The fraction of sp³-hybridized carbons (Fsp3) is 0.125. The van der Waals surface area contributed by atoms with Crippen molar-refractivity contribution < 1.29 is 17.6 Å². The van der Waals surface area contributed by atoms with Gasteiger partial charge in [-0.1, -0.05) is 47.5 Å². The van der Waals surface area contributed by atoms with Gasteiger partial charge in [0.05, 0.1) is 12.0 Å². The molecule has 1 N–H and O–H groups in total. The zero-order valence-electron chi connectivity index (χ0n) is 17.5. The Hall–Kier alpha value is -3.29. The first-order valence-electron chi connectivity index (χ1n) is 9.83. The maximum absolute atomic E-state index is 13.4. The van der Waals surface area contributed by atoms with Crippen molar-refractivity contribution in [1.29, 1.82) is 0 Å². The smallest absolute Gasteiger partial charge is 0.234 e. The molecule has 0 aliphatic rings. The molecule has 4 aromatic rings. The van der Waals surface area contributed by atoms with Crippen molar-refractivity contribution >= 4 is 27.3 Å². The van der Waals surface area contributed by atoms with Gasteiger partial charge in [0.25, 0.3) is 0 Å². The van der Waals surface area contributed by atoms with Gasteiger partial charge in [-0.25, -0.2) is 8.42 Å². The molecule has 0 saturated carbocycles. The van der Waals surface area contributed by atoms with Gasteiger partial charge in [0.2, 0.25) is 26.6 Å². The van der Waals surface area contributed by atoms with Crippen LogP contribution in [0.3, 0.4) is 0 Å². The molecule has 1 heterocycles. The van der Waals surface area contributed by atoms with Crippen molar-refractivity contribution in [1.82, 2.24) is 4.98 Å². The average molecular weight is 469 g/mol. The van der Waals surface area contributed by atoms with Crippen molar-refractivity contribution in [3.63, 3.8) is 0 Å². The molecule has 0 spiro atoms. The maximum atomic E-state index is 13.4. The fourth-order valence-corrected chi connectivity index (χ4v) is 4.58. The monoisotopic (exact) mass is 468 g/mol. The summed E-state index contributed by atoms with van der Waals surface area (Å²) in [7, 11) is -2.35. The molecule has 0 amide bonds. The molecule has 8 heteroatoms. The van der Waals surface area contributed by atoms with Gasteiger partial charge in [-0.2, -0.15) is 4.98 Å². The summed E-state index contributed by atoms with van der Waals surface area (Å²) in [5.74, 6) is 0.904. The van der Waals surface area contributed by atoms with Crippen LogP contribution >= 0.6 is 11.6 Å². The molecule has 1 aromatic heterocycles. The van der Waals surface area contributed by atoms with Crippen molar-refractivity contribution in [3.05, 3.63) is 88.9 Å². The molecule has 0 atom stereocenters. The van der Waals surface area contributed by atoms with E-state index in [1.54, 1.807) is 61.7 Å². The minimum Gasteiger partial charge on any atom is -0.497 e. The molecule has 0 aliphatic heterocycles. The number of aryl methyl sites for hydroxylation is 1. The number of hydrogen-bond acceptors (Lipinski definition) is 6. The van der Waals surface area contributed by atoms with Crippen molar-refractivity contribution in [2.45, 2.75) is 23.4 Å². The molecule has 4 rings (SSSR count). The second-order valence-electron chi connectivity index (χ2n) is 7.14. The van der Waals surface area contributed by atoms with Crippen molar-refractivity contribution in [2.75, 3.05) is 12.4 Å². The van der Waals surface area contributed by atoms with E-state index in [4.69, 9.17) is 20.8 Å². The number of ether oxygens (including phenoxy) is 1. The number of oxazole rings is 1. The highest BCUT2D eigenvalue weighted by Gasteiger charge is 2.28. The lowest BCUT2D eigenvalue weighted by molar-refractivity contribution is 0.415. The van der Waals surface area contributed by atoms with E-state index in [1.165, 1.54) is 0 Å². The first-order valence-corrected chi connectivity index (χ1v) is 11.7. The molecular formula is C24H21ClN2O4S. The predicted molar refractivity (Wildman–Crippen MR) is 124 cm³/mol. The third-order valence-corrected chi connectivity index (χ3v) is 6.96. The van der Waals surface area contributed by atoms with Crippen LogP contribution in [0, 0.1) is 6.92 Å². The highest BCUT2D eigenvalue weighted by Crippen LogP contribution is 2.33. The molecule has 32 heavy (non-hydrogen) atoms. The van der Waals surface area contributed by atoms with E-state index in [0.717, 1.165) is 11.1 Å². The van der Waals surface area contributed by atoms with Gasteiger partial charge in [-0.05, 0) is 55.0 Å². The molecule has 0 radical (unpaired) electrons. The predicted octanol–water partition coefficient (Wildman–Crippen LogP) is 5.76. The van der Waals surface area contributed by atoms with Crippen LogP contribution in [0.5, 0.6) is 5.75 Å². The van der Waals surface area contributed by atoms with E-state index in [2.05, 4.69) is 10.3 Å². The van der Waals surface area contributed by atoms with E-state index >= 15 is 0 Å². The van der Waals surface area contributed by atoms with Crippen LogP contribution in [0.4, 0.5) is 5.88 Å². The van der Waals surface area contributed by atoms with Crippen molar-refractivity contribution in [3.8, 4) is 17.2 Å². The Morgan fingerprint density at radius 2 is 1.69 bits per heavy atom. The van der Waals surface area contributed by atoms with E-state index in [0.29, 0.717) is 16.3 Å². The van der Waals surface area contributed by atoms with Crippen molar-refractivity contribution in [2.24, 2.45) is 0 Å². The van der Waals surface area contributed by atoms with Gasteiger partial charge in [0, 0.05) is 17.1 Å². The Bertz CT molecular complexity index is 1330. The van der Waals surface area contributed by atoms with Crippen LogP contribution in [-0.2, 0) is 16.4 Å². The van der Waals surface area contributed by atoms with Crippen LogP contribution in [0.1, 0.15) is 11.1 Å². The number of benzene rings is 3. The number of nitrogens with one attached hydrogen (secondary N) is 1. The lowest BCUT2D eigenvalue weighted by Crippen LogP contribution is -2.07. The molecule has 6 nitrogen and oxygen atoms in total. The zero-order valence-corrected chi connectivity index (χ0v) is 19.1. The molecule has 164 valence electrons. The number of methoxy groups -OCH3 is 1. The molecule has 0 aliphatic carbocycles. The zero-order chi connectivity index (χ0) is 22.7. The first kappa shape index (κ1) is 21.9. The van der Waals surface area contributed by atoms with Crippen LogP contribution < -0.4 is 10.1 Å². The van der Waals surface area contributed by atoms with E-state index in [-0.39, 0.29) is 28.2 Å². The third-order valence-electron chi connectivity index (χ3n) is 4.92. The van der Waals surface area contributed by atoms with E-state index in [9.17, 15) is 8.42 Å². The van der Waals surface area contributed by atoms with Gasteiger partial charge >= 0.3 is 0 Å². The number of anilines is 1. The normalized spacial score (nSPS) is 11.3. The number of sulfone groups is 1. The van der Waals surface area contributed by atoms with Gasteiger partial charge in [-0.15, -0.1) is 0 Å². The first-order chi connectivity index (χ1) is 15.4. The molecule has 0 saturated heterocycles. The molecule has 0 unspecified atom stereocenters. The minimum atomic E-state index is -3.93. The van der Waals surface area contributed by atoms with Gasteiger partial charge < -0.3 is 14.5 Å². The molecule has 0 bridgehead atoms. The second kappa shape index (κ2) is 9.06. The summed E-state index contributed by atoms with van der Waals surface area (Å²) in [6, 6.07) is 20.9. The number of aromatic nitrogens is 1. The summed E-state index contributed by atoms with van der Waals surface area (Å²) in [5, 5.41) is 3.44. The third kappa shape index (κ3) is 4.49. The maximum Gasteiger partial charge on any atom is 0.234 e. The quantitative estimate of drug-likeness (QED) is 0.371. The number of halogens is 1. The highest BCUT2D eigenvalue weighted by molar-refractivity contribution is 7.91. The summed E-state index contributed by atoms with van der Waals surface area (Å²) in [6.07, 6.45) is 0. The highest BCUT2D eigenvalue weighted by atomic mass is 35.5. The van der Waals surface area contributed by atoms with Gasteiger partial charge in [-0.3, -0.25) is 0 Å². The minimum absolute atomic E-state index is 0.0521. The van der Waals surface area contributed by atoms with Gasteiger partial charge in [0.1, 0.15) is 5.75 Å². The SMILES string of the molecule is COc1ccc(-c2nc(S(=O)(=O)c3ccc(C)cc3)c(NCc3ccccc3Cl)o2)cc1. The topological polar surface area (TPSA) is 81.4 Å². The molecule has 3 aromatic carbocycles. The summed E-state index contributed by atoms with van der Waals surface area (Å²) < 4.78 is 37.8. The van der Waals surface area contributed by atoms with Crippen LogP contribution in [0.2, 0.25) is 5.02 Å². The number of rotatable bonds is 7. The van der Waals surface area contributed by atoms with Gasteiger partial charge in [0.15, 0.2) is 0 Å². The summed E-state index contributed by atoms with van der Waals surface area (Å²) >= 11 is 6.24. The molecule has 0 fully saturated rings. The van der Waals surface area contributed by atoms with E-state index < -0.39 is 9.84 Å². The Labute approximate surface area is 191 Å². The Morgan fingerprint density at radius 3 is 2.34 bits per heavy atom. The Kier molecular flexibility index (Phi) is 6.21. The Balaban J connectivity index is 1.76. The Morgan fingerprint density at radius 1 is 1.00 bits per heavy atom. The lowest BCUT2D eigenvalue weighted by Gasteiger charge is -2.07. The van der Waals surface area contributed by atoms with Crippen LogP contribution in [0.25, 0.3) is 11.5 Å². The largest absolute Gasteiger partial charge is 0.497 e. The standard InChI is InChI=1S/C24H21ClN2O4S/c1-16-7-13-20(14-8-16)32(28,29)24-23(26-15-18-5-3-4-6-21(18)25)31-22(27-24)17-9-11-19(30-2)12-10-17/h3-14,26H,15H2,1-2H3. The van der Waals surface area contributed by atoms with Crippen LogP contribution in [-0.4, -0.2) is 20.5 Å². The fourth-order valence-electron chi connectivity index (χ4n) is 3.10. The second-order valence-corrected chi connectivity index (χ2v) is 9.42. The van der Waals surface area contributed by atoms with Crippen LogP contribution in [0.15, 0.2) is 87.1 Å².